The van der Waals surface area contributed by atoms with Gasteiger partial charge in [-0.3, -0.25) is 0 Å². The van der Waals surface area contributed by atoms with Crippen molar-refractivity contribution in [2.24, 2.45) is 0 Å². The highest BCUT2D eigenvalue weighted by atomic mass is 35.5. The van der Waals surface area contributed by atoms with Gasteiger partial charge < -0.3 is 5.32 Å². The highest BCUT2D eigenvalue weighted by molar-refractivity contribution is 7.17. The predicted octanol–water partition coefficient (Wildman–Crippen LogP) is 3.91. The van der Waals surface area contributed by atoms with Crippen molar-refractivity contribution in [1.82, 2.24) is 5.32 Å². The summed E-state index contributed by atoms with van der Waals surface area (Å²) in [5.74, 6) is -0.0509. The quantitative estimate of drug-likeness (QED) is 0.832. The standard InChI is InChI=1S/C13H15ClFNS/c1-9(16-2)13(15,8-14)11-3-4-12-10(7-11)5-6-17-12/h3-7,9,16H,8H2,1-2H3. The zero-order valence-electron chi connectivity index (χ0n) is 9.84. The summed E-state index contributed by atoms with van der Waals surface area (Å²) in [5, 5.41) is 6.02. The molecule has 0 fully saturated rings. The molecule has 4 heteroatoms. The lowest BCUT2D eigenvalue weighted by Gasteiger charge is -2.30. The smallest absolute Gasteiger partial charge is 0.164 e. The van der Waals surface area contributed by atoms with E-state index in [-0.39, 0.29) is 11.9 Å². The van der Waals surface area contributed by atoms with Crippen molar-refractivity contribution in [3.05, 3.63) is 35.2 Å². The van der Waals surface area contributed by atoms with Crippen molar-refractivity contribution in [1.29, 1.82) is 0 Å². The van der Waals surface area contributed by atoms with Gasteiger partial charge >= 0.3 is 0 Å². The van der Waals surface area contributed by atoms with Crippen molar-refractivity contribution in [2.75, 3.05) is 12.9 Å². The third-order valence-electron chi connectivity index (χ3n) is 3.25. The third kappa shape index (κ3) is 2.19. The Balaban J connectivity index is 2.48. The van der Waals surface area contributed by atoms with Crippen LogP contribution in [0.25, 0.3) is 10.1 Å². The first-order chi connectivity index (χ1) is 8.11. The van der Waals surface area contributed by atoms with Gasteiger partial charge in [0.25, 0.3) is 0 Å². The van der Waals surface area contributed by atoms with Gasteiger partial charge in [-0.1, -0.05) is 6.07 Å². The minimum atomic E-state index is -1.54. The largest absolute Gasteiger partial charge is 0.314 e. The predicted molar refractivity (Wildman–Crippen MR) is 73.9 cm³/mol. The van der Waals surface area contributed by atoms with Crippen LogP contribution in [0.1, 0.15) is 12.5 Å². The molecule has 0 spiro atoms. The van der Waals surface area contributed by atoms with Gasteiger partial charge in [0.2, 0.25) is 0 Å². The van der Waals surface area contributed by atoms with Gasteiger partial charge in [-0.05, 0) is 48.5 Å². The molecule has 2 unspecified atom stereocenters. The number of halogens is 2. The molecule has 0 bridgehead atoms. The molecule has 1 heterocycles. The zero-order valence-corrected chi connectivity index (χ0v) is 11.4. The summed E-state index contributed by atoms with van der Waals surface area (Å²) in [6, 6.07) is 7.36. The molecule has 2 aromatic rings. The topological polar surface area (TPSA) is 12.0 Å². The van der Waals surface area contributed by atoms with E-state index in [1.807, 2.05) is 29.6 Å². The lowest BCUT2D eigenvalue weighted by atomic mass is 9.90. The fourth-order valence-electron chi connectivity index (χ4n) is 1.90. The van der Waals surface area contributed by atoms with Crippen LogP contribution in [-0.4, -0.2) is 19.0 Å². The van der Waals surface area contributed by atoms with Gasteiger partial charge in [0.05, 0.1) is 5.88 Å². The van der Waals surface area contributed by atoms with Crippen molar-refractivity contribution < 1.29 is 4.39 Å². The molecule has 0 aliphatic rings. The van der Waals surface area contributed by atoms with Crippen LogP contribution in [0.15, 0.2) is 29.6 Å². The first-order valence-electron chi connectivity index (χ1n) is 5.51. The van der Waals surface area contributed by atoms with Gasteiger partial charge in [-0.25, -0.2) is 4.39 Å². The highest BCUT2D eigenvalue weighted by Crippen LogP contribution is 2.34. The van der Waals surface area contributed by atoms with Crippen LogP contribution in [0.2, 0.25) is 0 Å². The average molecular weight is 272 g/mol. The molecule has 0 aliphatic carbocycles. The summed E-state index contributed by atoms with van der Waals surface area (Å²) in [6.45, 7) is 1.81. The Bertz CT molecular complexity index is 513. The molecule has 2 rings (SSSR count). The molecule has 17 heavy (non-hydrogen) atoms. The molecule has 0 aliphatic heterocycles. The van der Waals surface area contributed by atoms with Crippen molar-refractivity contribution in [3.8, 4) is 0 Å². The molecule has 1 N–H and O–H groups in total. The molecule has 1 aromatic carbocycles. The fourth-order valence-corrected chi connectivity index (χ4v) is 3.05. The van der Waals surface area contributed by atoms with E-state index in [0.29, 0.717) is 5.56 Å². The van der Waals surface area contributed by atoms with Crippen molar-refractivity contribution >= 4 is 33.0 Å². The Morgan fingerprint density at radius 1 is 1.47 bits per heavy atom. The van der Waals surface area contributed by atoms with Gasteiger partial charge in [-0.2, -0.15) is 0 Å². The lowest BCUT2D eigenvalue weighted by Crippen LogP contribution is -2.43. The fraction of sp³-hybridized carbons (Fsp3) is 0.385. The Hall–Kier alpha value is -0.640. The van der Waals surface area contributed by atoms with E-state index in [0.717, 1.165) is 5.39 Å². The Morgan fingerprint density at radius 2 is 2.24 bits per heavy atom. The summed E-state index contributed by atoms with van der Waals surface area (Å²) in [7, 11) is 1.74. The summed E-state index contributed by atoms with van der Waals surface area (Å²) >= 11 is 7.49. The van der Waals surface area contributed by atoms with Crippen LogP contribution in [0.4, 0.5) is 4.39 Å². The Kier molecular flexibility index (Phi) is 3.71. The summed E-state index contributed by atoms with van der Waals surface area (Å²) in [6.07, 6.45) is 0. The molecular formula is C13H15ClFNS. The Labute approximate surface area is 110 Å². The molecule has 0 amide bonds. The van der Waals surface area contributed by atoms with E-state index in [1.54, 1.807) is 25.3 Å². The second-order valence-electron chi connectivity index (χ2n) is 4.18. The summed E-state index contributed by atoms with van der Waals surface area (Å²) in [5.41, 5.74) is -0.896. The van der Waals surface area contributed by atoms with Crippen LogP contribution >= 0.6 is 22.9 Å². The minimum absolute atomic E-state index is 0.0509. The molecule has 0 radical (unpaired) electrons. The van der Waals surface area contributed by atoms with Gasteiger partial charge in [0.15, 0.2) is 5.67 Å². The third-order valence-corrected chi connectivity index (χ3v) is 4.53. The second kappa shape index (κ2) is 4.92. The van der Waals surface area contributed by atoms with E-state index in [4.69, 9.17) is 11.6 Å². The maximum absolute atomic E-state index is 14.9. The number of hydrogen-bond acceptors (Lipinski definition) is 2. The summed E-state index contributed by atoms with van der Waals surface area (Å²) < 4.78 is 16.1. The van der Waals surface area contributed by atoms with Gasteiger partial charge in [0.1, 0.15) is 0 Å². The number of fused-ring (bicyclic) bond motifs is 1. The molecule has 0 saturated heterocycles. The van der Waals surface area contributed by atoms with Crippen LogP contribution in [0, 0.1) is 0 Å². The van der Waals surface area contributed by atoms with Crippen LogP contribution < -0.4 is 5.32 Å². The van der Waals surface area contributed by atoms with E-state index in [9.17, 15) is 4.39 Å². The van der Waals surface area contributed by atoms with Crippen LogP contribution in [0.3, 0.4) is 0 Å². The maximum Gasteiger partial charge on any atom is 0.164 e. The molecule has 1 nitrogen and oxygen atoms in total. The first kappa shape index (κ1) is 12.8. The van der Waals surface area contributed by atoms with E-state index < -0.39 is 5.67 Å². The minimum Gasteiger partial charge on any atom is -0.314 e. The SMILES string of the molecule is CNC(C)C(F)(CCl)c1ccc2sccc2c1. The molecule has 0 saturated carbocycles. The number of nitrogens with one attached hydrogen (secondary N) is 1. The molecule has 1 aromatic heterocycles. The molecule has 2 atom stereocenters. The number of rotatable bonds is 4. The number of likely N-dealkylation sites (N-methyl/N-ethyl adjacent to an activating group) is 1. The van der Waals surface area contributed by atoms with Crippen LogP contribution in [0.5, 0.6) is 0 Å². The number of alkyl halides is 2. The maximum atomic E-state index is 14.9. The molecular weight excluding hydrogens is 257 g/mol. The van der Waals surface area contributed by atoms with E-state index >= 15 is 0 Å². The number of hydrogen-bond donors (Lipinski definition) is 1. The monoisotopic (exact) mass is 271 g/mol. The average Bonchev–Trinajstić information content (AvgIpc) is 2.83. The van der Waals surface area contributed by atoms with Gasteiger partial charge in [0, 0.05) is 10.7 Å². The Morgan fingerprint density at radius 3 is 2.88 bits per heavy atom. The normalized spacial score (nSPS) is 16.9. The lowest BCUT2D eigenvalue weighted by molar-refractivity contribution is 0.145. The highest BCUT2D eigenvalue weighted by Gasteiger charge is 2.36. The summed E-state index contributed by atoms with van der Waals surface area (Å²) in [4.78, 5) is 0. The number of benzene rings is 1. The first-order valence-corrected chi connectivity index (χ1v) is 6.93. The van der Waals surface area contributed by atoms with Crippen molar-refractivity contribution in [3.63, 3.8) is 0 Å². The number of thiophene rings is 1. The van der Waals surface area contributed by atoms with E-state index in [1.165, 1.54) is 4.70 Å². The van der Waals surface area contributed by atoms with Gasteiger partial charge in [-0.15, -0.1) is 22.9 Å². The van der Waals surface area contributed by atoms with Crippen molar-refractivity contribution in [2.45, 2.75) is 18.6 Å². The molecule has 92 valence electrons. The zero-order chi connectivity index (χ0) is 12.5. The van der Waals surface area contributed by atoms with Crippen LogP contribution in [-0.2, 0) is 5.67 Å². The second-order valence-corrected chi connectivity index (χ2v) is 5.39. The van der Waals surface area contributed by atoms with E-state index in [2.05, 4.69) is 5.32 Å².